The Kier molecular flexibility index (Phi) is 5.31. The Balaban J connectivity index is 1.82. The van der Waals surface area contributed by atoms with Gasteiger partial charge < -0.3 is 9.88 Å². The maximum Gasteiger partial charge on any atom is 0.330 e. The molecule has 0 fully saturated rings. The van der Waals surface area contributed by atoms with E-state index in [0.717, 1.165) is 11.0 Å². The lowest BCUT2D eigenvalue weighted by Crippen LogP contribution is -2.39. The van der Waals surface area contributed by atoms with E-state index in [2.05, 4.69) is 28.9 Å². The molecule has 0 spiro atoms. The first-order chi connectivity index (χ1) is 12.1. The minimum atomic E-state index is -0.312. The van der Waals surface area contributed by atoms with Crippen LogP contribution in [0.1, 0.15) is 22.0 Å². The summed E-state index contributed by atoms with van der Waals surface area (Å²) in [5, 5.41) is 5.54. The number of rotatable bonds is 6. The number of nitrogens with zero attached hydrogens (tertiary/aromatic N) is 2. The van der Waals surface area contributed by atoms with Gasteiger partial charge in [-0.2, -0.15) is 0 Å². The Morgan fingerprint density at radius 3 is 2.52 bits per heavy atom. The van der Waals surface area contributed by atoms with Crippen molar-refractivity contribution >= 4 is 11.3 Å². The van der Waals surface area contributed by atoms with Gasteiger partial charge >= 0.3 is 5.69 Å². The molecule has 0 saturated carbocycles. The molecule has 3 rings (SSSR count). The van der Waals surface area contributed by atoms with E-state index in [1.165, 1.54) is 22.1 Å². The molecule has 0 radical (unpaired) electrons. The Bertz CT molecular complexity index is 943. The molecule has 6 heteroatoms. The largest absolute Gasteiger partial charge is 0.330 e. The van der Waals surface area contributed by atoms with Gasteiger partial charge in [0.05, 0.1) is 0 Å². The lowest BCUT2D eigenvalue weighted by atomic mass is 10.0. The SMILES string of the molecule is Cn1cc(CNC(Cc2ccccc2)c2cccs2)c(=O)n(C)c1=O. The molecular weight excluding hydrogens is 334 g/mol. The minimum absolute atomic E-state index is 0.115. The second-order valence-corrected chi connectivity index (χ2v) is 7.03. The van der Waals surface area contributed by atoms with E-state index < -0.39 is 0 Å². The van der Waals surface area contributed by atoms with E-state index in [1.807, 2.05) is 24.3 Å². The second kappa shape index (κ2) is 7.63. The Morgan fingerprint density at radius 1 is 1.08 bits per heavy atom. The van der Waals surface area contributed by atoms with Gasteiger partial charge in [0, 0.05) is 43.3 Å². The number of nitrogens with one attached hydrogen (secondary N) is 1. The zero-order valence-electron chi connectivity index (χ0n) is 14.3. The van der Waals surface area contributed by atoms with Crippen molar-refractivity contribution in [3.63, 3.8) is 0 Å². The van der Waals surface area contributed by atoms with Crippen molar-refractivity contribution in [2.75, 3.05) is 0 Å². The van der Waals surface area contributed by atoms with E-state index in [4.69, 9.17) is 0 Å². The molecule has 25 heavy (non-hydrogen) atoms. The highest BCUT2D eigenvalue weighted by atomic mass is 32.1. The van der Waals surface area contributed by atoms with Crippen LogP contribution in [0.5, 0.6) is 0 Å². The predicted molar refractivity (Wildman–Crippen MR) is 101 cm³/mol. The van der Waals surface area contributed by atoms with E-state index in [-0.39, 0.29) is 17.3 Å². The highest BCUT2D eigenvalue weighted by Crippen LogP contribution is 2.23. The summed E-state index contributed by atoms with van der Waals surface area (Å²) in [7, 11) is 3.17. The average molecular weight is 355 g/mol. The normalized spacial score (nSPS) is 12.2. The van der Waals surface area contributed by atoms with Gasteiger partial charge in [-0.15, -0.1) is 11.3 Å². The van der Waals surface area contributed by atoms with Gasteiger partial charge in [-0.25, -0.2) is 4.79 Å². The molecule has 3 aromatic rings. The number of thiophene rings is 1. The van der Waals surface area contributed by atoms with Crippen molar-refractivity contribution in [2.24, 2.45) is 14.1 Å². The number of hydrogen-bond acceptors (Lipinski definition) is 4. The zero-order chi connectivity index (χ0) is 17.8. The van der Waals surface area contributed by atoms with Crippen LogP contribution in [0.4, 0.5) is 0 Å². The van der Waals surface area contributed by atoms with Crippen LogP contribution in [-0.2, 0) is 27.1 Å². The molecule has 0 aliphatic rings. The highest BCUT2D eigenvalue weighted by Gasteiger charge is 2.15. The lowest BCUT2D eigenvalue weighted by molar-refractivity contribution is 0.528. The third-order valence-electron chi connectivity index (χ3n) is 4.23. The predicted octanol–water partition coefficient (Wildman–Crippen LogP) is 2.22. The molecule has 0 bridgehead atoms. The van der Waals surface area contributed by atoms with E-state index >= 15 is 0 Å². The summed E-state index contributed by atoms with van der Waals surface area (Å²) in [5.41, 5.74) is 1.26. The van der Waals surface area contributed by atoms with Gasteiger partial charge in [0.15, 0.2) is 0 Å². The van der Waals surface area contributed by atoms with Crippen LogP contribution >= 0.6 is 11.3 Å². The van der Waals surface area contributed by atoms with Crippen LogP contribution in [0.2, 0.25) is 0 Å². The summed E-state index contributed by atoms with van der Waals surface area (Å²) >= 11 is 1.70. The highest BCUT2D eigenvalue weighted by molar-refractivity contribution is 7.10. The van der Waals surface area contributed by atoms with Gasteiger partial charge in [0.25, 0.3) is 5.56 Å². The Hall–Kier alpha value is -2.44. The standard InChI is InChI=1S/C19H21N3O2S/c1-21-13-15(18(23)22(2)19(21)24)12-20-16(17-9-6-10-25-17)11-14-7-4-3-5-8-14/h3-10,13,16,20H,11-12H2,1-2H3. The fourth-order valence-corrected chi connectivity index (χ4v) is 3.65. The average Bonchev–Trinajstić information content (AvgIpc) is 3.16. The number of benzene rings is 1. The van der Waals surface area contributed by atoms with Crippen LogP contribution in [-0.4, -0.2) is 9.13 Å². The van der Waals surface area contributed by atoms with Gasteiger partial charge in [-0.3, -0.25) is 9.36 Å². The fourth-order valence-electron chi connectivity index (χ4n) is 2.85. The summed E-state index contributed by atoms with van der Waals surface area (Å²) in [5.74, 6) is 0. The molecule has 2 heterocycles. The van der Waals surface area contributed by atoms with Crippen LogP contribution < -0.4 is 16.6 Å². The first-order valence-corrected chi connectivity index (χ1v) is 9.00. The van der Waals surface area contributed by atoms with Crippen LogP contribution in [0.25, 0.3) is 0 Å². The third-order valence-corrected chi connectivity index (χ3v) is 5.21. The first kappa shape index (κ1) is 17.4. The zero-order valence-corrected chi connectivity index (χ0v) is 15.1. The fraction of sp³-hybridized carbons (Fsp3) is 0.263. The van der Waals surface area contributed by atoms with Gasteiger partial charge in [-0.05, 0) is 23.4 Å². The molecule has 1 N–H and O–H groups in total. The van der Waals surface area contributed by atoms with Crippen molar-refractivity contribution < 1.29 is 0 Å². The van der Waals surface area contributed by atoms with Gasteiger partial charge in [0.1, 0.15) is 0 Å². The summed E-state index contributed by atoms with van der Waals surface area (Å²) in [6, 6.07) is 14.5. The molecule has 1 atom stereocenters. The summed E-state index contributed by atoms with van der Waals surface area (Å²) in [6.07, 6.45) is 2.46. The van der Waals surface area contributed by atoms with Crippen LogP contribution in [0.15, 0.2) is 63.6 Å². The molecule has 1 unspecified atom stereocenters. The molecule has 0 amide bonds. The second-order valence-electron chi connectivity index (χ2n) is 6.05. The van der Waals surface area contributed by atoms with Crippen molar-refractivity contribution in [3.05, 3.63) is 90.9 Å². The Morgan fingerprint density at radius 2 is 1.84 bits per heavy atom. The maximum absolute atomic E-state index is 12.3. The Labute approximate surface area is 150 Å². The molecule has 0 saturated heterocycles. The van der Waals surface area contributed by atoms with Crippen molar-refractivity contribution in [3.8, 4) is 0 Å². The lowest BCUT2D eigenvalue weighted by Gasteiger charge is -2.18. The molecule has 0 aliphatic heterocycles. The summed E-state index contributed by atoms with van der Waals surface area (Å²) in [4.78, 5) is 25.4. The van der Waals surface area contributed by atoms with Gasteiger partial charge in [-0.1, -0.05) is 36.4 Å². The number of hydrogen-bond donors (Lipinski definition) is 1. The summed E-state index contributed by atoms with van der Waals surface area (Å²) < 4.78 is 2.59. The van der Waals surface area contributed by atoms with Crippen LogP contribution in [0, 0.1) is 0 Å². The van der Waals surface area contributed by atoms with Crippen LogP contribution in [0.3, 0.4) is 0 Å². The van der Waals surface area contributed by atoms with Crippen molar-refractivity contribution in [1.29, 1.82) is 0 Å². The van der Waals surface area contributed by atoms with Crippen molar-refractivity contribution in [1.82, 2.24) is 14.5 Å². The quantitative estimate of drug-likeness (QED) is 0.738. The minimum Gasteiger partial charge on any atom is -0.305 e. The number of aromatic nitrogens is 2. The van der Waals surface area contributed by atoms with Crippen molar-refractivity contribution in [2.45, 2.75) is 19.0 Å². The molecule has 2 aromatic heterocycles. The molecular formula is C19H21N3O2S. The topological polar surface area (TPSA) is 56.0 Å². The molecule has 5 nitrogen and oxygen atoms in total. The monoisotopic (exact) mass is 355 g/mol. The molecule has 0 aliphatic carbocycles. The maximum atomic E-state index is 12.3. The third kappa shape index (κ3) is 3.97. The molecule has 1 aromatic carbocycles. The van der Waals surface area contributed by atoms with E-state index in [1.54, 1.807) is 24.6 Å². The van der Waals surface area contributed by atoms with E-state index in [9.17, 15) is 9.59 Å². The first-order valence-electron chi connectivity index (χ1n) is 8.12. The van der Waals surface area contributed by atoms with Gasteiger partial charge in [0.2, 0.25) is 0 Å². The smallest absolute Gasteiger partial charge is 0.305 e. The number of aryl methyl sites for hydroxylation is 1. The van der Waals surface area contributed by atoms with E-state index in [0.29, 0.717) is 12.1 Å². The molecule has 130 valence electrons. The summed E-state index contributed by atoms with van der Waals surface area (Å²) in [6.45, 7) is 0.413.